The molecule has 0 aliphatic carbocycles. The highest BCUT2D eigenvalue weighted by Crippen LogP contribution is 2.45. The third kappa shape index (κ3) is 2.53. The predicted octanol–water partition coefficient (Wildman–Crippen LogP) is 2.20. The minimum Gasteiger partial charge on any atom is -0.391 e. The summed E-state index contributed by atoms with van der Waals surface area (Å²) in [5, 5.41) is 18.9. The highest BCUT2D eigenvalue weighted by Gasteiger charge is 2.50. The maximum atomic E-state index is 9.49. The van der Waals surface area contributed by atoms with Crippen LogP contribution in [-0.2, 0) is 4.74 Å². The molecule has 0 aromatic heterocycles. The highest BCUT2D eigenvalue weighted by atomic mass is 32.2. The molecule has 0 aromatic rings. The molecular weight excluding hydrogens is 222 g/mol. The topological polar surface area (TPSA) is 53.2 Å². The van der Waals surface area contributed by atoms with E-state index in [1.54, 1.807) is 18.7 Å². The minimum absolute atomic E-state index is 0.157. The normalized spacial score (nSPS) is 32.8. The molecule has 0 bridgehead atoms. The van der Waals surface area contributed by atoms with E-state index in [4.69, 9.17) is 4.74 Å². The maximum absolute atomic E-state index is 9.49. The zero-order valence-corrected chi connectivity index (χ0v) is 11.3. The van der Waals surface area contributed by atoms with Crippen molar-refractivity contribution in [2.75, 3.05) is 11.5 Å². The quantitative estimate of drug-likeness (QED) is 0.825. The molecule has 1 heterocycles. The van der Waals surface area contributed by atoms with Gasteiger partial charge in [0, 0.05) is 11.2 Å². The van der Waals surface area contributed by atoms with Crippen molar-refractivity contribution >= 4 is 11.8 Å². The van der Waals surface area contributed by atoms with E-state index >= 15 is 0 Å². The van der Waals surface area contributed by atoms with Crippen LogP contribution in [0.2, 0.25) is 0 Å². The molecule has 3 atom stereocenters. The predicted molar refractivity (Wildman–Crippen MR) is 66.3 cm³/mol. The summed E-state index contributed by atoms with van der Waals surface area (Å²) in [5.74, 6) is 1.76. The zero-order valence-electron chi connectivity index (χ0n) is 10.5. The Bertz CT molecular complexity index is 285. The Hall–Kier alpha value is -0.240. The van der Waals surface area contributed by atoms with Gasteiger partial charge in [-0.2, -0.15) is 17.0 Å². The van der Waals surface area contributed by atoms with Crippen molar-refractivity contribution in [2.24, 2.45) is 5.41 Å². The first-order chi connectivity index (χ1) is 7.34. The summed E-state index contributed by atoms with van der Waals surface area (Å²) in [4.78, 5) is 0. The SMILES string of the molecule is CC(O)C(C)OC1(C#N)CSCCC1(C)C. The Balaban J connectivity index is 2.88. The van der Waals surface area contributed by atoms with E-state index in [1.165, 1.54) is 0 Å². The van der Waals surface area contributed by atoms with Crippen LogP contribution in [0, 0.1) is 16.7 Å². The first-order valence-corrected chi connectivity index (χ1v) is 6.85. The van der Waals surface area contributed by atoms with Crippen molar-refractivity contribution in [3.8, 4) is 6.07 Å². The van der Waals surface area contributed by atoms with Crippen LogP contribution in [-0.4, -0.2) is 34.4 Å². The molecular formula is C12H21NO2S. The lowest BCUT2D eigenvalue weighted by atomic mass is 9.74. The summed E-state index contributed by atoms with van der Waals surface area (Å²) >= 11 is 1.75. The Morgan fingerprint density at radius 3 is 2.50 bits per heavy atom. The van der Waals surface area contributed by atoms with Crippen molar-refractivity contribution in [3.05, 3.63) is 0 Å². The number of thioether (sulfide) groups is 1. The third-order valence-electron chi connectivity index (χ3n) is 3.52. The van der Waals surface area contributed by atoms with E-state index in [2.05, 4.69) is 19.9 Å². The molecule has 1 rings (SSSR count). The van der Waals surface area contributed by atoms with Crippen molar-refractivity contribution in [1.82, 2.24) is 0 Å². The van der Waals surface area contributed by atoms with Gasteiger partial charge >= 0.3 is 0 Å². The third-order valence-corrected chi connectivity index (χ3v) is 4.62. The molecule has 92 valence electrons. The van der Waals surface area contributed by atoms with Crippen LogP contribution in [0.25, 0.3) is 0 Å². The van der Waals surface area contributed by atoms with Gasteiger partial charge in [-0.05, 0) is 26.0 Å². The number of aliphatic hydroxyl groups excluding tert-OH is 1. The summed E-state index contributed by atoms with van der Waals surface area (Å²) in [6, 6.07) is 2.34. The smallest absolute Gasteiger partial charge is 0.168 e. The minimum atomic E-state index is -0.772. The summed E-state index contributed by atoms with van der Waals surface area (Å²) in [6.07, 6.45) is 0.114. The fourth-order valence-corrected chi connectivity index (χ4v) is 3.37. The van der Waals surface area contributed by atoms with E-state index in [0.29, 0.717) is 5.75 Å². The number of ether oxygens (including phenoxy) is 1. The lowest BCUT2D eigenvalue weighted by molar-refractivity contribution is -0.135. The van der Waals surface area contributed by atoms with E-state index in [9.17, 15) is 10.4 Å². The Labute approximate surface area is 102 Å². The maximum Gasteiger partial charge on any atom is 0.168 e. The number of hydrogen-bond donors (Lipinski definition) is 1. The van der Waals surface area contributed by atoms with Crippen molar-refractivity contribution < 1.29 is 9.84 Å². The van der Waals surface area contributed by atoms with Gasteiger partial charge in [-0.1, -0.05) is 13.8 Å². The van der Waals surface area contributed by atoms with Crippen LogP contribution < -0.4 is 0 Å². The second-order valence-corrected chi connectivity index (χ2v) is 6.29. The number of aliphatic hydroxyl groups is 1. The molecule has 1 saturated heterocycles. The van der Waals surface area contributed by atoms with Crippen molar-refractivity contribution in [2.45, 2.75) is 51.9 Å². The molecule has 4 heteroatoms. The molecule has 3 unspecified atom stereocenters. The average molecular weight is 243 g/mol. The Morgan fingerprint density at radius 1 is 1.44 bits per heavy atom. The van der Waals surface area contributed by atoms with Gasteiger partial charge in [-0.25, -0.2) is 0 Å². The van der Waals surface area contributed by atoms with Gasteiger partial charge in [-0.3, -0.25) is 0 Å². The number of nitrogens with zero attached hydrogens (tertiary/aromatic N) is 1. The van der Waals surface area contributed by atoms with Crippen LogP contribution in [0.3, 0.4) is 0 Å². The van der Waals surface area contributed by atoms with Crippen LogP contribution in [0.5, 0.6) is 0 Å². The monoisotopic (exact) mass is 243 g/mol. The summed E-state index contributed by atoms with van der Waals surface area (Å²) < 4.78 is 5.87. The molecule has 16 heavy (non-hydrogen) atoms. The molecule has 0 radical (unpaired) electrons. The second kappa shape index (κ2) is 4.95. The lowest BCUT2D eigenvalue weighted by Gasteiger charge is -2.46. The van der Waals surface area contributed by atoms with E-state index in [-0.39, 0.29) is 11.5 Å². The van der Waals surface area contributed by atoms with Crippen LogP contribution in [0.4, 0.5) is 0 Å². The Kier molecular flexibility index (Phi) is 4.28. The van der Waals surface area contributed by atoms with Gasteiger partial charge in [0.2, 0.25) is 0 Å². The number of hydrogen-bond acceptors (Lipinski definition) is 4. The number of nitriles is 1. The van der Waals surface area contributed by atoms with Gasteiger partial charge in [0.1, 0.15) is 0 Å². The molecule has 0 aromatic carbocycles. The molecule has 1 N–H and O–H groups in total. The van der Waals surface area contributed by atoms with E-state index in [0.717, 1.165) is 12.2 Å². The molecule has 1 aliphatic rings. The highest BCUT2D eigenvalue weighted by molar-refractivity contribution is 7.99. The van der Waals surface area contributed by atoms with Crippen LogP contribution in [0.1, 0.15) is 34.1 Å². The van der Waals surface area contributed by atoms with Gasteiger partial charge < -0.3 is 9.84 Å². The molecule has 0 saturated carbocycles. The first-order valence-electron chi connectivity index (χ1n) is 5.69. The first kappa shape index (κ1) is 13.8. The molecule has 0 spiro atoms. The fourth-order valence-electron chi connectivity index (χ4n) is 1.76. The average Bonchev–Trinajstić information content (AvgIpc) is 2.20. The van der Waals surface area contributed by atoms with Crippen molar-refractivity contribution in [1.29, 1.82) is 5.26 Å². The standard InChI is InChI=1S/C12H21NO2S/c1-9(14)10(2)15-12(7-13)8-16-6-5-11(12,3)4/h9-10,14H,5-6,8H2,1-4H3. The molecule has 1 aliphatic heterocycles. The number of rotatable bonds is 3. The summed E-state index contributed by atoms with van der Waals surface area (Å²) in [6.45, 7) is 7.66. The van der Waals surface area contributed by atoms with Gasteiger partial charge in [-0.15, -0.1) is 0 Å². The molecule has 0 amide bonds. The summed E-state index contributed by atoms with van der Waals surface area (Å²) in [7, 11) is 0. The Morgan fingerprint density at radius 2 is 2.06 bits per heavy atom. The van der Waals surface area contributed by atoms with Gasteiger partial charge in [0.25, 0.3) is 0 Å². The molecule has 3 nitrogen and oxygen atoms in total. The zero-order chi connectivity index (χ0) is 12.4. The fraction of sp³-hybridized carbons (Fsp3) is 0.917. The van der Waals surface area contributed by atoms with Crippen LogP contribution >= 0.6 is 11.8 Å². The summed E-state index contributed by atoms with van der Waals surface area (Å²) in [5.41, 5.74) is -0.928. The van der Waals surface area contributed by atoms with Gasteiger partial charge in [0.05, 0.1) is 18.3 Å². The molecule has 1 fully saturated rings. The van der Waals surface area contributed by atoms with E-state index < -0.39 is 11.7 Å². The van der Waals surface area contributed by atoms with E-state index in [1.807, 2.05) is 6.92 Å². The lowest BCUT2D eigenvalue weighted by Crippen LogP contribution is -2.53. The van der Waals surface area contributed by atoms with Gasteiger partial charge in [0.15, 0.2) is 5.60 Å². The van der Waals surface area contributed by atoms with Crippen LogP contribution in [0.15, 0.2) is 0 Å². The van der Waals surface area contributed by atoms with Crippen molar-refractivity contribution in [3.63, 3.8) is 0 Å². The second-order valence-electron chi connectivity index (χ2n) is 5.19. The largest absolute Gasteiger partial charge is 0.391 e.